The van der Waals surface area contributed by atoms with Crippen molar-refractivity contribution in [3.8, 4) is 0 Å². The van der Waals surface area contributed by atoms with Crippen LogP contribution in [0.2, 0.25) is 5.02 Å². The number of sulfonamides is 1. The molecule has 4 rings (SSSR count). The number of carbonyl (C=O) groups is 2. The molecule has 1 fully saturated rings. The standard InChI is InChI=1S/C24H23ClN2O5S/c1-16(23(28)26-19-9-8-17-6-2-3-7-18(17)14-19)32-24(29)21-15-20(10-11-22(21)25)33(30,31)27-12-4-5-13-27/h2-3,6-11,14-16H,4-5,12-13H2,1H3,(H,26,28). The summed E-state index contributed by atoms with van der Waals surface area (Å²) in [5.74, 6) is -1.39. The fourth-order valence-electron chi connectivity index (χ4n) is 3.69. The van der Waals surface area contributed by atoms with E-state index in [1.54, 1.807) is 6.07 Å². The van der Waals surface area contributed by atoms with Gasteiger partial charge >= 0.3 is 5.97 Å². The zero-order valence-corrected chi connectivity index (χ0v) is 19.5. The lowest BCUT2D eigenvalue weighted by Gasteiger charge is -2.17. The Balaban J connectivity index is 1.47. The molecule has 7 nitrogen and oxygen atoms in total. The average molecular weight is 487 g/mol. The number of nitrogens with one attached hydrogen (secondary N) is 1. The SMILES string of the molecule is CC(OC(=O)c1cc(S(=O)(=O)N2CCCC2)ccc1Cl)C(=O)Nc1ccc2ccccc2c1. The molecular weight excluding hydrogens is 464 g/mol. The number of hydrogen-bond acceptors (Lipinski definition) is 5. The van der Waals surface area contributed by atoms with Crippen LogP contribution in [-0.2, 0) is 19.6 Å². The van der Waals surface area contributed by atoms with Gasteiger partial charge in [0.05, 0.1) is 15.5 Å². The summed E-state index contributed by atoms with van der Waals surface area (Å²) in [5, 5.41) is 4.77. The number of ether oxygens (including phenoxy) is 1. The maximum atomic E-state index is 12.8. The number of hydrogen-bond donors (Lipinski definition) is 1. The Morgan fingerprint density at radius 3 is 2.42 bits per heavy atom. The van der Waals surface area contributed by atoms with Gasteiger partial charge in [-0.2, -0.15) is 4.31 Å². The molecule has 0 aromatic heterocycles. The van der Waals surface area contributed by atoms with Crippen molar-refractivity contribution in [3.05, 3.63) is 71.2 Å². The van der Waals surface area contributed by atoms with E-state index in [0.717, 1.165) is 23.6 Å². The highest BCUT2D eigenvalue weighted by atomic mass is 35.5. The summed E-state index contributed by atoms with van der Waals surface area (Å²) in [6.45, 7) is 2.32. The molecular formula is C24H23ClN2O5S. The molecule has 1 N–H and O–H groups in total. The highest BCUT2D eigenvalue weighted by Gasteiger charge is 2.29. The second-order valence-electron chi connectivity index (χ2n) is 7.85. The maximum Gasteiger partial charge on any atom is 0.340 e. The van der Waals surface area contributed by atoms with Gasteiger partial charge in [0, 0.05) is 18.8 Å². The normalized spacial score (nSPS) is 15.3. The summed E-state index contributed by atoms with van der Waals surface area (Å²) >= 11 is 6.14. The third-order valence-electron chi connectivity index (χ3n) is 5.53. The van der Waals surface area contributed by atoms with E-state index in [2.05, 4.69) is 5.32 Å². The van der Waals surface area contributed by atoms with Gasteiger partial charge in [-0.25, -0.2) is 13.2 Å². The van der Waals surface area contributed by atoms with Crippen molar-refractivity contribution in [2.45, 2.75) is 30.8 Å². The molecule has 0 bridgehead atoms. The maximum absolute atomic E-state index is 12.8. The fraction of sp³-hybridized carbons (Fsp3) is 0.250. The van der Waals surface area contributed by atoms with Crippen molar-refractivity contribution in [1.29, 1.82) is 0 Å². The molecule has 1 aliphatic heterocycles. The third-order valence-corrected chi connectivity index (χ3v) is 7.75. The summed E-state index contributed by atoms with van der Waals surface area (Å²) in [6, 6.07) is 17.1. The van der Waals surface area contributed by atoms with Gasteiger partial charge in [-0.15, -0.1) is 0 Å². The van der Waals surface area contributed by atoms with Crippen LogP contribution in [0, 0.1) is 0 Å². The van der Waals surface area contributed by atoms with Crippen LogP contribution < -0.4 is 5.32 Å². The molecule has 3 aromatic carbocycles. The monoisotopic (exact) mass is 486 g/mol. The minimum absolute atomic E-state index is 0.0333. The van der Waals surface area contributed by atoms with E-state index in [-0.39, 0.29) is 15.5 Å². The minimum atomic E-state index is -3.73. The molecule has 1 heterocycles. The van der Waals surface area contributed by atoms with Crippen LogP contribution in [0.4, 0.5) is 5.69 Å². The first-order chi connectivity index (χ1) is 15.8. The molecule has 0 radical (unpaired) electrons. The number of benzene rings is 3. The van der Waals surface area contributed by atoms with E-state index in [1.807, 2.05) is 36.4 Å². The average Bonchev–Trinajstić information content (AvgIpc) is 3.35. The van der Waals surface area contributed by atoms with Gasteiger partial charge in [-0.3, -0.25) is 4.79 Å². The first-order valence-corrected chi connectivity index (χ1v) is 12.4. The molecule has 0 spiro atoms. The number of nitrogens with zero attached hydrogens (tertiary/aromatic N) is 1. The summed E-state index contributed by atoms with van der Waals surface area (Å²) in [7, 11) is -3.73. The van der Waals surface area contributed by atoms with Crippen molar-refractivity contribution in [2.75, 3.05) is 18.4 Å². The number of esters is 1. The molecule has 3 aromatic rings. The van der Waals surface area contributed by atoms with Crippen LogP contribution >= 0.6 is 11.6 Å². The number of halogens is 1. The van der Waals surface area contributed by atoms with E-state index >= 15 is 0 Å². The molecule has 172 valence electrons. The zero-order chi connectivity index (χ0) is 23.6. The Morgan fingerprint density at radius 1 is 1.00 bits per heavy atom. The summed E-state index contributed by atoms with van der Waals surface area (Å²) in [5.41, 5.74) is 0.459. The van der Waals surface area contributed by atoms with Crippen molar-refractivity contribution in [2.24, 2.45) is 0 Å². The van der Waals surface area contributed by atoms with Gasteiger partial charge in [0.15, 0.2) is 6.10 Å². The smallest absolute Gasteiger partial charge is 0.340 e. The molecule has 1 atom stereocenters. The first kappa shape index (κ1) is 23.2. The lowest BCUT2D eigenvalue weighted by molar-refractivity contribution is -0.123. The number of carbonyl (C=O) groups excluding carboxylic acids is 2. The van der Waals surface area contributed by atoms with E-state index < -0.39 is 28.0 Å². The van der Waals surface area contributed by atoms with Crippen molar-refractivity contribution in [1.82, 2.24) is 4.31 Å². The third kappa shape index (κ3) is 5.03. The summed E-state index contributed by atoms with van der Waals surface area (Å²) in [4.78, 5) is 25.3. The Labute approximate surface area is 197 Å². The second-order valence-corrected chi connectivity index (χ2v) is 10.2. The Bertz CT molecular complexity index is 1320. The van der Waals surface area contributed by atoms with Crippen LogP contribution in [0.15, 0.2) is 65.6 Å². The van der Waals surface area contributed by atoms with Crippen molar-refractivity contribution in [3.63, 3.8) is 0 Å². The van der Waals surface area contributed by atoms with Gasteiger partial charge in [-0.1, -0.05) is 41.9 Å². The van der Waals surface area contributed by atoms with Crippen LogP contribution in [0.25, 0.3) is 10.8 Å². The fourth-order valence-corrected chi connectivity index (χ4v) is 5.43. The summed E-state index contributed by atoms with van der Waals surface area (Å²) < 4.78 is 32.3. The minimum Gasteiger partial charge on any atom is -0.449 e. The molecule has 1 aliphatic rings. The number of rotatable bonds is 6. The van der Waals surface area contributed by atoms with Gasteiger partial charge in [-0.05, 0) is 60.9 Å². The predicted octanol–water partition coefficient (Wildman–Crippen LogP) is 4.46. The van der Waals surface area contributed by atoms with E-state index in [0.29, 0.717) is 18.8 Å². The van der Waals surface area contributed by atoms with E-state index in [1.165, 1.54) is 29.4 Å². The molecule has 33 heavy (non-hydrogen) atoms. The predicted molar refractivity (Wildman–Crippen MR) is 127 cm³/mol. The van der Waals surface area contributed by atoms with Crippen LogP contribution in [0.3, 0.4) is 0 Å². The van der Waals surface area contributed by atoms with Crippen molar-refractivity contribution >= 4 is 50.0 Å². The highest BCUT2D eigenvalue weighted by Crippen LogP contribution is 2.26. The van der Waals surface area contributed by atoms with Gasteiger partial charge < -0.3 is 10.1 Å². The molecule has 1 amide bonds. The number of amides is 1. The molecule has 0 aliphatic carbocycles. The summed E-state index contributed by atoms with van der Waals surface area (Å²) in [6.07, 6.45) is 0.468. The Morgan fingerprint density at radius 2 is 1.70 bits per heavy atom. The molecule has 1 saturated heterocycles. The lowest BCUT2D eigenvalue weighted by atomic mass is 10.1. The van der Waals surface area contributed by atoms with Crippen molar-refractivity contribution < 1.29 is 22.7 Å². The van der Waals surface area contributed by atoms with Gasteiger partial charge in [0.2, 0.25) is 10.0 Å². The zero-order valence-electron chi connectivity index (χ0n) is 18.0. The van der Waals surface area contributed by atoms with Crippen LogP contribution in [-0.4, -0.2) is 43.8 Å². The van der Waals surface area contributed by atoms with Gasteiger partial charge in [0.25, 0.3) is 5.91 Å². The first-order valence-electron chi connectivity index (χ1n) is 10.6. The lowest BCUT2D eigenvalue weighted by Crippen LogP contribution is -2.30. The van der Waals surface area contributed by atoms with Crippen LogP contribution in [0.1, 0.15) is 30.1 Å². The Kier molecular flexibility index (Phi) is 6.69. The Hall–Kier alpha value is -2.94. The highest BCUT2D eigenvalue weighted by molar-refractivity contribution is 7.89. The van der Waals surface area contributed by atoms with E-state index in [9.17, 15) is 18.0 Å². The topological polar surface area (TPSA) is 92.8 Å². The second kappa shape index (κ2) is 9.51. The molecule has 1 unspecified atom stereocenters. The molecule has 0 saturated carbocycles. The molecule has 9 heteroatoms. The van der Waals surface area contributed by atoms with Crippen LogP contribution in [0.5, 0.6) is 0 Å². The number of fused-ring (bicyclic) bond motifs is 1. The van der Waals surface area contributed by atoms with E-state index in [4.69, 9.17) is 16.3 Å². The quantitative estimate of drug-likeness (QED) is 0.519. The van der Waals surface area contributed by atoms with Gasteiger partial charge in [0.1, 0.15) is 0 Å². The number of anilines is 1. The largest absolute Gasteiger partial charge is 0.449 e.